The predicted octanol–water partition coefficient (Wildman–Crippen LogP) is 3.33. The lowest BCUT2D eigenvalue weighted by atomic mass is 9.76. The Hall–Kier alpha value is -0.570. The van der Waals surface area contributed by atoms with Gasteiger partial charge in [0.05, 0.1) is 11.5 Å². The van der Waals surface area contributed by atoms with E-state index in [1.807, 2.05) is 6.92 Å². The molecule has 0 aromatic heterocycles. The Morgan fingerprint density at radius 2 is 1.81 bits per heavy atom. The van der Waals surface area contributed by atoms with Crippen LogP contribution >= 0.6 is 0 Å². The second-order valence-corrected chi connectivity index (χ2v) is 5.98. The second kappa shape index (κ2) is 5.67. The lowest BCUT2D eigenvalue weighted by Gasteiger charge is -2.35. The molecule has 16 heavy (non-hydrogen) atoms. The first-order valence-electron chi connectivity index (χ1n) is 5.96. The van der Waals surface area contributed by atoms with E-state index in [0.717, 1.165) is 6.42 Å². The van der Waals surface area contributed by atoms with Crippen LogP contribution in [0.25, 0.3) is 0 Å². The fourth-order valence-corrected chi connectivity index (χ4v) is 2.58. The van der Waals surface area contributed by atoms with E-state index in [4.69, 9.17) is 9.84 Å². The van der Waals surface area contributed by atoms with Gasteiger partial charge in [0.15, 0.2) is 0 Å². The molecule has 1 atom stereocenters. The number of carbonyl (C=O) groups is 1. The standard InChI is InChI=1S/C13H26O3/c1-7-16-13(5,6)9-12(3,4)8-10(2)11(14)15/h10H,7-9H2,1-6H3,(H,14,15). The molecule has 0 radical (unpaired) electrons. The van der Waals surface area contributed by atoms with E-state index in [9.17, 15) is 4.79 Å². The van der Waals surface area contributed by atoms with E-state index >= 15 is 0 Å². The molecule has 0 aromatic carbocycles. The molecule has 0 heterocycles. The molecule has 96 valence electrons. The molecule has 1 unspecified atom stereocenters. The number of hydrogen-bond donors (Lipinski definition) is 1. The summed E-state index contributed by atoms with van der Waals surface area (Å²) in [4.78, 5) is 10.8. The van der Waals surface area contributed by atoms with Gasteiger partial charge >= 0.3 is 5.97 Å². The average Bonchev–Trinajstić information content (AvgIpc) is 1.99. The van der Waals surface area contributed by atoms with Gasteiger partial charge in [0.25, 0.3) is 0 Å². The summed E-state index contributed by atoms with van der Waals surface area (Å²) in [5.41, 5.74) is -0.201. The van der Waals surface area contributed by atoms with Crippen LogP contribution < -0.4 is 0 Å². The Morgan fingerprint density at radius 3 is 2.19 bits per heavy atom. The highest BCUT2D eigenvalue weighted by atomic mass is 16.5. The van der Waals surface area contributed by atoms with Crippen molar-refractivity contribution in [2.45, 2.75) is 60.0 Å². The SMILES string of the molecule is CCOC(C)(C)CC(C)(C)CC(C)C(=O)O. The van der Waals surface area contributed by atoms with Gasteiger partial charge in [-0.25, -0.2) is 0 Å². The molecule has 0 saturated heterocycles. The van der Waals surface area contributed by atoms with Crippen molar-refractivity contribution in [1.82, 2.24) is 0 Å². The monoisotopic (exact) mass is 230 g/mol. The van der Waals surface area contributed by atoms with Gasteiger partial charge in [0, 0.05) is 6.61 Å². The Labute approximate surface area is 99.2 Å². The minimum Gasteiger partial charge on any atom is -0.481 e. The van der Waals surface area contributed by atoms with Crippen molar-refractivity contribution < 1.29 is 14.6 Å². The van der Waals surface area contributed by atoms with Crippen molar-refractivity contribution >= 4 is 5.97 Å². The third kappa shape index (κ3) is 6.11. The van der Waals surface area contributed by atoms with Gasteiger partial charge in [-0.3, -0.25) is 4.79 Å². The van der Waals surface area contributed by atoms with Gasteiger partial charge in [0.1, 0.15) is 0 Å². The van der Waals surface area contributed by atoms with Crippen LogP contribution in [-0.2, 0) is 9.53 Å². The zero-order valence-electron chi connectivity index (χ0n) is 11.5. The summed E-state index contributed by atoms with van der Waals surface area (Å²) in [6.45, 7) is 12.8. The number of aliphatic carboxylic acids is 1. The largest absolute Gasteiger partial charge is 0.481 e. The zero-order valence-corrected chi connectivity index (χ0v) is 11.5. The lowest BCUT2D eigenvalue weighted by Crippen LogP contribution is -2.33. The van der Waals surface area contributed by atoms with Crippen molar-refractivity contribution in [2.24, 2.45) is 11.3 Å². The van der Waals surface area contributed by atoms with Crippen LogP contribution in [0.15, 0.2) is 0 Å². The molecular weight excluding hydrogens is 204 g/mol. The van der Waals surface area contributed by atoms with Crippen LogP contribution in [0.1, 0.15) is 54.4 Å². The minimum absolute atomic E-state index is 0.0174. The fraction of sp³-hybridized carbons (Fsp3) is 0.923. The molecule has 0 rings (SSSR count). The van der Waals surface area contributed by atoms with Crippen molar-refractivity contribution in [3.8, 4) is 0 Å². The van der Waals surface area contributed by atoms with Crippen LogP contribution in [-0.4, -0.2) is 23.3 Å². The summed E-state index contributed by atoms with van der Waals surface area (Å²) in [5.74, 6) is -1.02. The number of hydrogen-bond acceptors (Lipinski definition) is 2. The molecule has 0 aliphatic carbocycles. The molecule has 0 saturated carbocycles. The summed E-state index contributed by atoms with van der Waals surface area (Å²) in [5, 5.41) is 8.92. The summed E-state index contributed by atoms with van der Waals surface area (Å²) in [6, 6.07) is 0. The Balaban J connectivity index is 4.39. The summed E-state index contributed by atoms with van der Waals surface area (Å²) in [6.07, 6.45) is 1.55. The molecule has 0 aromatic rings. The van der Waals surface area contributed by atoms with Crippen LogP contribution in [0, 0.1) is 11.3 Å². The van der Waals surface area contributed by atoms with Gasteiger partial charge in [-0.05, 0) is 39.0 Å². The van der Waals surface area contributed by atoms with E-state index < -0.39 is 5.97 Å². The van der Waals surface area contributed by atoms with Crippen molar-refractivity contribution in [1.29, 1.82) is 0 Å². The first-order valence-corrected chi connectivity index (χ1v) is 5.96. The fourth-order valence-electron chi connectivity index (χ4n) is 2.58. The van der Waals surface area contributed by atoms with E-state index in [1.165, 1.54) is 0 Å². The number of carboxylic acids is 1. The minimum atomic E-state index is -0.720. The zero-order chi connectivity index (χ0) is 13.0. The average molecular weight is 230 g/mol. The van der Waals surface area contributed by atoms with Gasteiger partial charge in [0.2, 0.25) is 0 Å². The van der Waals surface area contributed by atoms with Crippen LogP contribution in [0.2, 0.25) is 0 Å². The Bertz CT molecular complexity index is 231. The van der Waals surface area contributed by atoms with Crippen molar-refractivity contribution in [3.63, 3.8) is 0 Å². The van der Waals surface area contributed by atoms with Gasteiger partial charge in [-0.15, -0.1) is 0 Å². The highest BCUT2D eigenvalue weighted by molar-refractivity contribution is 5.69. The van der Waals surface area contributed by atoms with Crippen LogP contribution in [0.5, 0.6) is 0 Å². The van der Waals surface area contributed by atoms with E-state index in [1.54, 1.807) is 6.92 Å². The molecule has 0 bridgehead atoms. The lowest BCUT2D eigenvalue weighted by molar-refractivity contribution is -0.142. The second-order valence-electron chi connectivity index (χ2n) is 5.98. The van der Waals surface area contributed by atoms with Crippen LogP contribution in [0.4, 0.5) is 0 Å². The topological polar surface area (TPSA) is 46.5 Å². The predicted molar refractivity (Wildman–Crippen MR) is 65.5 cm³/mol. The maximum absolute atomic E-state index is 10.8. The Morgan fingerprint density at radius 1 is 1.31 bits per heavy atom. The normalized spacial score (nSPS) is 14.9. The van der Waals surface area contributed by atoms with Crippen molar-refractivity contribution in [2.75, 3.05) is 6.61 Å². The number of rotatable bonds is 7. The third-order valence-electron chi connectivity index (χ3n) is 2.72. The van der Waals surface area contributed by atoms with Crippen LogP contribution in [0.3, 0.4) is 0 Å². The maximum atomic E-state index is 10.8. The van der Waals surface area contributed by atoms with Crippen molar-refractivity contribution in [3.05, 3.63) is 0 Å². The molecule has 0 aliphatic heterocycles. The molecule has 0 aliphatic rings. The smallest absolute Gasteiger partial charge is 0.306 e. The first kappa shape index (κ1) is 15.4. The van der Waals surface area contributed by atoms with Gasteiger partial charge in [-0.1, -0.05) is 20.8 Å². The van der Waals surface area contributed by atoms with E-state index in [0.29, 0.717) is 13.0 Å². The molecule has 0 amide bonds. The summed E-state index contributed by atoms with van der Waals surface area (Å²) >= 11 is 0. The third-order valence-corrected chi connectivity index (χ3v) is 2.72. The Kier molecular flexibility index (Phi) is 5.47. The highest BCUT2D eigenvalue weighted by Gasteiger charge is 2.31. The molecule has 3 heteroatoms. The quantitative estimate of drug-likeness (QED) is 0.729. The first-order chi connectivity index (χ1) is 7.09. The maximum Gasteiger partial charge on any atom is 0.306 e. The molecule has 1 N–H and O–H groups in total. The summed E-state index contributed by atoms with van der Waals surface area (Å²) < 4.78 is 5.66. The molecule has 3 nitrogen and oxygen atoms in total. The number of ether oxygens (including phenoxy) is 1. The highest BCUT2D eigenvalue weighted by Crippen LogP contribution is 2.35. The summed E-state index contributed by atoms with van der Waals surface area (Å²) in [7, 11) is 0. The molecular formula is C13H26O3. The molecule has 0 spiro atoms. The van der Waals surface area contributed by atoms with E-state index in [-0.39, 0.29) is 16.9 Å². The van der Waals surface area contributed by atoms with E-state index in [2.05, 4.69) is 27.7 Å². The number of carboxylic acid groups (broad SMARTS) is 1. The molecule has 0 fully saturated rings. The van der Waals surface area contributed by atoms with Gasteiger partial charge in [-0.2, -0.15) is 0 Å². The van der Waals surface area contributed by atoms with Gasteiger partial charge < -0.3 is 9.84 Å².